The Bertz CT molecular complexity index is 731. The fourth-order valence-electron chi connectivity index (χ4n) is 3.02. The molecule has 2 rings (SSSR count). The highest BCUT2D eigenvalue weighted by Gasteiger charge is 2.25. The maximum Gasteiger partial charge on any atom is 0.326 e. The Balaban J connectivity index is 2.41. The zero-order valence-electron chi connectivity index (χ0n) is 14.1. The number of carbonyl (C=O) groups excluding carboxylic acids is 1. The summed E-state index contributed by atoms with van der Waals surface area (Å²) in [5, 5.41) is 13.0. The second-order valence-electron chi connectivity index (χ2n) is 6.23. The van der Waals surface area contributed by atoms with Crippen LogP contribution in [0, 0.1) is 12.8 Å². The Hall–Kier alpha value is -2.30. The number of amides is 1. The lowest BCUT2D eigenvalue weighted by atomic mass is 10.0. The van der Waals surface area contributed by atoms with Crippen molar-refractivity contribution in [1.82, 2.24) is 9.88 Å². The topological polar surface area (TPSA) is 71.3 Å². The molecule has 0 bridgehead atoms. The first-order valence-electron chi connectivity index (χ1n) is 7.98. The molecule has 23 heavy (non-hydrogen) atoms. The van der Waals surface area contributed by atoms with E-state index < -0.39 is 12.0 Å². The van der Waals surface area contributed by atoms with Crippen molar-refractivity contribution in [2.75, 3.05) is 0 Å². The van der Waals surface area contributed by atoms with Gasteiger partial charge in [-0.1, -0.05) is 32.0 Å². The highest BCUT2D eigenvalue weighted by atomic mass is 16.4. The molecule has 0 spiro atoms. The standard InChI is InChI=1S/C18H24N2O3/c1-5-20-15-9-7-6-8-13(15)12(4)16(20)17(21)19-14(18(22)23)10-11(2)3/h6-9,11,14H,5,10H2,1-4H3,(H,19,21)(H,22,23). The molecule has 0 saturated heterocycles. The van der Waals surface area contributed by atoms with Gasteiger partial charge in [-0.2, -0.15) is 0 Å². The summed E-state index contributed by atoms with van der Waals surface area (Å²) < 4.78 is 1.94. The number of hydrogen-bond donors (Lipinski definition) is 2. The highest BCUT2D eigenvalue weighted by Crippen LogP contribution is 2.25. The molecule has 2 N–H and O–H groups in total. The number of aliphatic carboxylic acids is 1. The van der Waals surface area contributed by atoms with Crippen LogP contribution in [0.5, 0.6) is 0 Å². The van der Waals surface area contributed by atoms with Crippen LogP contribution in [-0.4, -0.2) is 27.6 Å². The third-order valence-corrected chi connectivity index (χ3v) is 4.07. The molecule has 0 radical (unpaired) electrons. The Morgan fingerprint density at radius 1 is 1.26 bits per heavy atom. The fourth-order valence-corrected chi connectivity index (χ4v) is 3.02. The third kappa shape index (κ3) is 3.38. The van der Waals surface area contributed by atoms with Gasteiger partial charge in [0.2, 0.25) is 0 Å². The van der Waals surface area contributed by atoms with E-state index in [1.165, 1.54) is 0 Å². The maximum atomic E-state index is 12.7. The van der Waals surface area contributed by atoms with Gasteiger partial charge >= 0.3 is 5.97 Å². The number of aryl methyl sites for hydroxylation is 2. The van der Waals surface area contributed by atoms with E-state index in [9.17, 15) is 14.7 Å². The molecule has 2 aromatic rings. The maximum absolute atomic E-state index is 12.7. The molecule has 0 aliphatic carbocycles. The van der Waals surface area contributed by atoms with Gasteiger partial charge in [-0.15, -0.1) is 0 Å². The average molecular weight is 316 g/mol. The minimum atomic E-state index is -0.996. The minimum absolute atomic E-state index is 0.189. The summed E-state index contributed by atoms with van der Waals surface area (Å²) in [6.45, 7) is 8.42. The van der Waals surface area contributed by atoms with Gasteiger partial charge in [-0.25, -0.2) is 4.79 Å². The summed E-state index contributed by atoms with van der Waals surface area (Å²) in [5.74, 6) is -1.13. The quantitative estimate of drug-likeness (QED) is 0.859. The molecule has 124 valence electrons. The summed E-state index contributed by atoms with van der Waals surface area (Å²) in [6, 6.07) is 6.97. The average Bonchev–Trinajstić information content (AvgIpc) is 2.79. The lowest BCUT2D eigenvalue weighted by molar-refractivity contribution is -0.139. The molecule has 0 saturated carbocycles. The molecule has 1 aromatic heterocycles. The van der Waals surface area contributed by atoms with Crippen molar-refractivity contribution in [3.63, 3.8) is 0 Å². The van der Waals surface area contributed by atoms with Crippen molar-refractivity contribution >= 4 is 22.8 Å². The van der Waals surface area contributed by atoms with Crippen LogP contribution in [-0.2, 0) is 11.3 Å². The normalized spacial score (nSPS) is 12.6. The molecular formula is C18H24N2O3. The molecule has 1 atom stereocenters. The van der Waals surface area contributed by atoms with Crippen molar-refractivity contribution < 1.29 is 14.7 Å². The molecule has 1 aromatic carbocycles. The van der Waals surface area contributed by atoms with Crippen LogP contribution in [0.25, 0.3) is 10.9 Å². The van der Waals surface area contributed by atoms with Crippen molar-refractivity contribution in [2.24, 2.45) is 5.92 Å². The predicted octanol–water partition coefficient (Wildman–Crippen LogP) is 3.20. The fraction of sp³-hybridized carbons (Fsp3) is 0.444. The van der Waals surface area contributed by atoms with Crippen molar-refractivity contribution in [3.05, 3.63) is 35.5 Å². The minimum Gasteiger partial charge on any atom is -0.480 e. The largest absolute Gasteiger partial charge is 0.480 e. The smallest absolute Gasteiger partial charge is 0.326 e. The number of carboxylic acids is 1. The number of hydrogen-bond acceptors (Lipinski definition) is 2. The number of rotatable bonds is 6. The zero-order valence-corrected chi connectivity index (χ0v) is 14.1. The van der Waals surface area contributed by atoms with Gasteiger partial charge in [0.25, 0.3) is 5.91 Å². The van der Waals surface area contributed by atoms with Gasteiger partial charge in [-0.3, -0.25) is 4.79 Å². The number of nitrogens with one attached hydrogen (secondary N) is 1. The predicted molar refractivity (Wildman–Crippen MR) is 90.7 cm³/mol. The first-order chi connectivity index (χ1) is 10.9. The van der Waals surface area contributed by atoms with E-state index in [1.807, 2.05) is 56.5 Å². The van der Waals surface area contributed by atoms with Crippen molar-refractivity contribution in [3.8, 4) is 0 Å². The lowest BCUT2D eigenvalue weighted by Crippen LogP contribution is -2.42. The number of fused-ring (bicyclic) bond motifs is 1. The van der Waals surface area contributed by atoms with E-state index >= 15 is 0 Å². The van der Waals surface area contributed by atoms with Gasteiger partial charge in [0, 0.05) is 17.4 Å². The molecule has 1 amide bonds. The number of carbonyl (C=O) groups is 2. The second kappa shape index (κ2) is 6.86. The van der Waals surface area contributed by atoms with Gasteiger partial charge in [0.1, 0.15) is 11.7 Å². The van der Waals surface area contributed by atoms with Crippen LogP contribution < -0.4 is 5.32 Å². The highest BCUT2D eigenvalue weighted by molar-refractivity contribution is 6.02. The van der Waals surface area contributed by atoms with Gasteiger partial charge in [0.05, 0.1) is 0 Å². The lowest BCUT2D eigenvalue weighted by Gasteiger charge is -2.17. The molecule has 5 nitrogen and oxygen atoms in total. The van der Waals surface area contributed by atoms with E-state index in [4.69, 9.17) is 0 Å². The number of benzene rings is 1. The van der Waals surface area contributed by atoms with Crippen LogP contribution in [0.2, 0.25) is 0 Å². The molecule has 0 fully saturated rings. The van der Waals surface area contributed by atoms with Crippen LogP contribution >= 0.6 is 0 Å². The molecule has 5 heteroatoms. The summed E-state index contributed by atoms with van der Waals surface area (Å²) in [7, 11) is 0. The van der Waals surface area contributed by atoms with Crippen LogP contribution in [0.1, 0.15) is 43.2 Å². The van der Waals surface area contributed by atoms with Crippen molar-refractivity contribution in [2.45, 2.75) is 46.7 Å². The number of aromatic nitrogens is 1. The number of carboxylic acid groups (broad SMARTS) is 1. The SMILES string of the molecule is CCn1c(C(=O)NC(CC(C)C)C(=O)O)c(C)c2ccccc21. The second-order valence-corrected chi connectivity index (χ2v) is 6.23. The van der Waals surface area contributed by atoms with Crippen LogP contribution in [0.15, 0.2) is 24.3 Å². The van der Waals surface area contributed by atoms with Crippen molar-refractivity contribution in [1.29, 1.82) is 0 Å². The summed E-state index contributed by atoms with van der Waals surface area (Å²) in [5.41, 5.74) is 2.42. The number of nitrogens with zero attached hydrogens (tertiary/aromatic N) is 1. The van der Waals surface area contributed by atoms with Crippen LogP contribution in [0.3, 0.4) is 0 Å². The van der Waals surface area contributed by atoms with E-state index in [1.54, 1.807) is 0 Å². The third-order valence-electron chi connectivity index (χ3n) is 4.07. The molecule has 0 aliphatic rings. The summed E-state index contributed by atoms with van der Waals surface area (Å²) >= 11 is 0. The Morgan fingerprint density at radius 2 is 1.91 bits per heavy atom. The zero-order chi connectivity index (χ0) is 17.1. The first-order valence-corrected chi connectivity index (χ1v) is 7.98. The number of para-hydroxylation sites is 1. The van der Waals surface area contributed by atoms with Gasteiger partial charge in [0.15, 0.2) is 0 Å². The Labute approximate surface area is 136 Å². The van der Waals surface area contributed by atoms with Gasteiger partial charge < -0.3 is 15.0 Å². The Morgan fingerprint density at radius 3 is 2.48 bits per heavy atom. The van der Waals surface area contributed by atoms with Gasteiger partial charge in [-0.05, 0) is 37.8 Å². The Kier molecular flexibility index (Phi) is 5.08. The summed E-state index contributed by atoms with van der Waals surface area (Å²) in [6.07, 6.45) is 0.409. The van der Waals surface area contributed by atoms with Crippen LogP contribution in [0.4, 0.5) is 0 Å². The van der Waals surface area contributed by atoms with E-state index in [0.717, 1.165) is 16.5 Å². The molecule has 1 heterocycles. The summed E-state index contributed by atoms with van der Waals surface area (Å²) in [4.78, 5) is 24.1. The van der Waals surface area contributed by atoms with E-state index in [2.05, 4.69) is 5.32 Å². The molecule has 1 unspecified atom stereocenters. The molecular weight excluding hydrogens is 292 g/mol. The van der Waals surface area contributed by atoms with E-state index in [-0.39, 0.29) is 11.8 Å². The molecule has 0 aliphatic heterocycles. The monoisotopic (exact) mass is 316 g/mol. The van der Waals surface area contributed by atoms with E-state index in [0.29, 0.717) is 18.7 Å². The first kappa shape index (κ1) is 17.1.